The Morgan fingerprint density at radius 1 is 1.09 bits per heavy atom. The minimum absolute atomic E-state index is 0.244. The average molecular weight is 315 g/mol. The van der Waals surface area contributed by atoms with Crippen molar-refractivity contribution in [2.45, 2.75) is 19.8 Å². The number of phenols is 1. The van der Waals surface area contributed by atoms with E-state index in [9.17, 15) is 5.11 Å². The summed E-state index contributed by atoms with van der Waals surface area (Å²) >= 11 is 5.96. The third kappa shape index (κ3) is 3.46. The van der Waals surface area contributed by atoms with Crippen molar-refractivity contribution < 1.29 is 9.63 Å². The van der Waals surface area contributed by atoms with Crippen molar-refractivity contribution in [1.29, 1.82) is 0 Å². The lowest BCUT2D eigenvalue weighted by Crippen LogP contribution is -1.95. The maximum Gasteiger partial charge on any atom is 0.231 e. The van der Waals surface area contributed by atoms with Crippen molar-refractivity contribution in [2.75, 3.05) is 0 Å². The van der Waals surface area contributed by atoms with Gasteiger partial charge in [0.05, 0.1) is 6.42 Å². The Bertz CT molecular complexity index is 782. The molecule has 5 heteroatoms. The third-order valence-corrected chi connectivity index (χ3v) is 3.69. The molecule has 0 atom stereocenters. The van der Waals surface area contributed by atoms with E-state index in [1.54, 1.807) is 12.1 Å². The predicted molar refractivity (Wildman–Crippen MR) is 84.2 cm³/mol. The van der Waals surface area contributed by atoms with Gasteiger partial charge in [0.2, 0.25) is 5.89 Å². The number of hydrogen-bond acceptors (Lipinski definition) is 4. The number of nitrogens with zero attached hydrogens (tertiary/aromatic N) is 2. The summed E-state index contributed by atoms with van der Waals surface area (Å²) in [4.78, 5) is 4.41. The highest BCUT2D eigenvalue weighted by molar-refractivity contribution is 6.30. The van der Waals surface area contributed by atoms with Crippen LogP contribution in [-0.4, -0.2) is 15.2 Å². The van der Waals surface area contributed by atoms with Gasteiger partial charge in [0.1, 0.15) is 5.75 Å². The molecule has 0 aliphatic carbocycles. The lowest BCUT2D eigenvalue weighted by Gasteiger charge is -2.02. The molecule has 0 fully saturated rings. The Hall–Kier alpha value is -2.33. The van der Waals surface area contributed by atoms with Crippen molar-refractivity contribution >= 4 is 11.6 Å². The van der Waals surface area contributed by atoms with Crippen LogP contribution in [0.3, 0.4) is 0 Å². The fourth-order valence-corrected chi connectivity index (χ4v) is 2.48. The van der Waals surface area contributed by atoms with Gasteiger partial charge in [-0.05, 0) is 47.9 Å². The fourth-order valence-electron chi connectivity index (χ4n) is 2.25. The molecule has 0 radical (unpaired) electrons. The molecule has 2 aromatic carbocycles. The summed E-state index contributed by atoms with van der Waals surface area (Å²) in [5.74, 6) is 1.46. The molecular formula is C17H15ClN2O2. The Morgan fingerprint density at radius 2 is 1.86 bits per heavy atom. The van der Waals surface area contributed by atoms with Crippen molar-refractivity contribution in [3.63, 3.8) is 0 Å². The van der Waals surface area contributed by atoms with Crippen LogP contribution < -0.4 is 0 Å². The molecule has 0 saturated heterocycles. The molecule has 0 unspecified atom stereocenters. The first-order chi connectivity index (χ1) is 10.6. The van der Waals surface area contributed by atoms with Gasteiger partial charge in [-0.25, -0.2) is 0 Å². The largest absolute Gasteiger partial charge is 0.508 e. The zero-order valence-electron chi connectivity index (χ0n) is 12.1. The van der Waals surface area contributed by atoms with E-state index >= 15 is 0 Å². The van der Waals surface area contributed by atoms with Crippen molar-refractivity contribution in [3.8, 4) is 5.75 Å². The van der Waals surface area contributed by atoms with Crippen LogP contribution in [0.25, 0.3) is 0 Å². The first kappa shape index (κ1) is 14.6. The molecule has 0 aliphatic rings. The summed E-state index contributed by atoms with van der Waals surface area (Å²) in [6, 6.07) is 12.7. The number of aromatic hydroxyl groups is 1. The molecule has 4 nitrogen and oxygen atoms in total. The summed E-state index contributed by atoms with van der Waals surface area (Å²) < 4.78 is 5.28. The topological polar surface area (TPSA) is 59.2 Å². The number of benzene rings is 2. The summed E-state index contributed by atoms with van der Waals surface area (Å²) in [7, 11) is 0. The lowest BCUT2D eigenvalue weighted by atomic mass is 10.1. The quantitative estimate of drug-likeness (QED) is 0.793. The highest BCUT2D eigenvalue weighted by Gasteiger charge is 2.09. The van der Waals surface area contributed by atoms with Crippen LogP contribution in [0.1, 0.15) is 28.4 Å². The monoisotopic (exact) mass is 314 g/mol. The van der Waals surface area contributed by atoms with E-state index in [0.29, 0.717) is 24.6 Å². The van der Waals surface area contributed by atoms with E-state index in [-0.39, 0.29) is 5.75 Å². The Balaban J connectivity index is 1.72. The van der Waals surface area contributed by atoms with E-state index < -0.39 is 0 Å². The number of phenolic OH excluding ortho intramolecular Hbond substituents is 1. The molecule has 3 aromatic rings. The van der Waals surface area contributed by atoms with E-state index in [0.717, 1.165) is 21.7 Å². The predicted octanol–water partition coefficient (Wildman–Crippen LogP) is 3.92. The van der Waals surface area contributed by atoms with Gasteiger partial charge in [0.25, 0.3) is 0 Å². The number of hydrogen-bond donors (Lipinski definition) is 1. The fraction of sp³-hybridized carbons (Fsp3) is 0.176. The van der Waals surface area contributed by atoms with E-state index in [1.165, 1.54) is 0 Å². The standard InChI is InChI=1S/C17H15ClN2O2/c1-11-8-14(18)5-4-13(11)10-16-19-17(22-20-16)9-12-2-6-15(21)7-3-12/h2-8,21H,9-10H2,1H3. The molecule has 0 bridgehead atoms. The lowest BCUT2D eigenvalue weighted by molar-refractivity contribution is 0.380. The molecular weight excluding hydrogens is 300 g/mol. The molecule has 22 heavy (non-hydrogen) atoms. The number of halogens is 1. The Labute approximate surface area is 133 Å². The molecule has 0 spiro atoms. The Kier molecular flexibility index (Phi) is 4.11. The molecule has 0 saturated carbocycles. The number of aryl methyl sites for hydroxylation is 1. The van der Waals surface area contributed by atoms with Crippen LogP contribution in [0.15, 0.2) is 47.0 Å². The molecule has 0 amide bonds. The minimum Gasteiger partial charge on any atom is -0.508 e. The van der Waals surface area contributed by atoms with Crippen molar-refractivity contribution in [3.05, 3.63) is 75.9 Å². The second-order valence-electron chi connectivity index (χ2n) is 5.20. The van der Waals surface area contributed by atoms with Crippen LogP contribution >= 0.6 is 11.6 Å². The maximum absolute atomic E-state index is 9.28. The van der Waals surface area contributed by atoms with Gasteiger partial charge < -0.3 is 9.63 Å². The van der Waals surface area contributed by atoms with E-state index in [1.807, 2.05) is 37.3 Å². The highest BCUT2D eigenvalue weighted by atomic mass is 35.5. The van der Waals surface area contributed by atoms with Crippen molar-refractivity contribution in [1.82, 2.24) is 10.1 Å². The second kappa shape index (κ2) is 6.20. The SMILES string of the molecule is Cc1cc(Cl)ccc1Cc1noc(Cc2ccc(O)cc2)n1. The van der Waals surface area contributed by atoms with Crippen LogP contribution in [0.4, 0.5) is 0 Å². The first-order valence-electron chi connectivity index (χ1n) is 6.94. The maximum atomic E-state index is 9.28. The molecule has 1 N–H and O–H groups in total. The summed E-state index contributed by atoms with van der Waals surface area (Å²) in [5, 5.41) is 14.0. The Morgan fingerprint density at radius 3 is 2.59 bits per heavy atom. The molecule has 3 rings (SSSR count). The molecule has 1 aromatic heterocycles. The smallest absolute Gasteiger partial charge is 0.231 e. The van der Waals surface area contributed by atoms with E-state index in [2.05, 4.69) is 10.1 Å². The van der Waals surface area contributed by atoms with Gasteiger partial charge in [-0.2, -0.15) is 4.98 Å². The zero-order chi connectivity index (χ0) is 15.5. The second-order valence-corrected chi connectivity index (χ2v) is 5.63. The van der Waals surface area contributed by atoms with Crippen LogP contribution in [0.2, 0.25) is 5.02 Å². The summed E-state index contributed by atoms with van der Waals surface area (Å²) in [6.45, 7) is 2.01. The van der Waals surface area contributed by atoms with Crippen LogP contribution in [0.5, 0.6) is 5.75 Å². The highest BCUT2D eigenvalue weighted by Crippen LogP contribution is 2.18. The summed E-state index contributed by atoms with van der Waals surface area (Å²) in [5.41, 5.74) is 3.24. The van der Waals surface area contributed by atoms with Gasteiger partial charge in [0, 0.05) is 11.4 Å². The van der Waals surface area contributed by atoms with Crippen LogP contribution in [0, 0.1) is 6.92 Å². The molecule has 0 aliphatic heterocycles. The summed E-state index contributed by atoms with van der Waals surface area (Å²) in [6.07, 6.45) is 1.16. The molecule has 1 heterocycles. The normalized spacial score (nSPS) is 10.8. The van der Waals surface area contributed by atoms with Gasteiger partial charge in [-0.3, -0.25) is 0 Å². The number of rotatable bonds is 4. The minimum atomic E-state index is 0.244. The van der Waals surface area contributed by atoms with Crippen LogP contribution in [-0.2, 0) is 12.8 Å². The van der Waals surface area contributed by atoms with Crippen molar-refractivity contribution in [2.24, 2.45) is 0 Å². The van der Waals surface area contributed by atoms with Gasteiger partial charge in [-0.1, -0.05) is 35.0 Å². The van der Waals surface area contributed by atoms with Gasteiger partial charge >= 0.3 is 0 Å². The average Bonchev–Trinajstić information content (AvgIpc) is 2.92. The van der Waals surface area contributed by atoms with Gasteiger partial charge in [-0.15, -0.1) is 0 Å². The number of aromatic nitrogens is 2. The zero-order valence-corrected chi connectivity index (χ0v) is 12.8. The van der Waals surface area contributed by atoms with E-state index in [4.69, 9.17) is 16.1 Å². The van der Waals surface area contributed by atoms with Gasteiger partial charge in [0.15, 0.2) is 5.82 Å². The third-order valence-electron chi connectivity index (χ3n) is 3.46. The molecule has 112 valence electrons. The first-order valence-corrected chi connectivity index (χ1v) is 7.32.